The second kappa shape index (κ2) is 3.95. The lowest BCUT2D eigenvalue weighted by atomic mass is 10.0. The Morgan fingerprint density at radius 2 is 2.26 bits per heavy atom. The van der Waals surface area contributed by atoms with Crippen molar-refractivity contribution in [2.75, 3.05) is 0 Å². The maximum absolute atomic E-state index is 12.3. The molecule has 1 heterocycles. The molecular weight excluding hydrogens is 238 g/mol. The van der Waals surface area contributed by atoms with Crippen LogP contribution in [-0.2, 0) is 0 Å². The topological polar surface area (TPSA) is 57.8 Å². The van der Waals surface area contributed by atoms with Crippen molar-refractivity contribution in [1.29, 1.82) is 0 Å². The third kappa shape index (κ3) is 1.75. The van der Waals surface area contributed by atoms with Crippen molar-refractivity contribution >= 4 is 16.9 Å². The zero-order chi connectivity index (χ0) is 12.8. The first kappa shape index (κ1) is 10.8. The van der Waals surface area contributed by atoms with E-state index in [9.17, 15) is 4.79 Å². The van der Waals surface area contributed by atoms with Crippen LogP contribution in [0.2, 0.25) is 0 Å². The molecule has 3 atom stereocenters. The van der Waals surface area contributed by atoms with Crippen molar-refractivity contribution in [2.45, 2.75) is 18.9 Å². The zero-order valence-electron chi connectivity index (χ0n) is 10.5. The van der Waals surface area contributed by atoms with Gasteiger partial charge in [0.05, 0.1) is 17.4 Å². The summed E-state index contributed by atoms with van der Waals surface area (Å²) in [6.45, 7) is 0. The van der Waals surface area contributed by atoms with Gasteiger partial charge in [-0.1, -0.05) is 12.2 Å². The summed E-state index contributed by atoms with van der Waals surface area (Å²) < 4.78 is 0. The highest BCUT2D eigenvalue weighted by atomic mass is 16.1. The largest absolute Gasteiger partial charge is 0.349 e. The number of benzene rings is 1. The molecule has 4 heteroatoms. The molecule has 0 saturated heterocycles. The molecule has 96 valence electrons. The number of rotatable bonds is 2. The van der Waals surface area contributed by atoms with Crippen LogP contribution in [0.5, 0.6) is 0 Å². The maximum atomic E-state index is 12.3. The number of carbonyl (C=O) groups is 1. The molecule has 2 aliphatic carbocycles. The van der Waals surface area contributed by atoms with Crippen LogP contribution in [0.15, 0.2) is 36.7 Å². The number of nitrogens with zero attached hydrogens (tertiary/aromatic N) is 1. The molecular formula is C15H15N3O. The predicted octanol–water partition coefficient (Wildman–Crippen LogP) is 2.26. The van der Waals surface area contributed by atoms with Gasteiger partial charge in [0.25, 0.3) is 5.91 Å². The molecule has 1 saturated carbocycles. The molecule has 0 radical (unpaired) electrons. The van der Waals surface area contributed by atoms with E-state index in [0.717, 1.165) is 17.5 Å². The highest BCUT2D eigenvalue weighted by Gasteiger charge is 2.36. The maximum Gasteiger partial charge on any atom is 0.251 e. The van der Waals surface area contributed by atoms with Crippen LogP contribution in [0.4, 0.5) is 0 Å². The molecule has 2 aromatic rings. The van der Waals surface area contributed by atoms with Crippen molar-refractivity contribution in [3.05, 3.63) is 42.2 Å². The Kier molecular flexibility index (Phi) is 2.24. The van der Waals surface area contributed by atoms with Crippen molar-refractivity contribution in [3.8, 4) is 0 Å². The van der Waals surface area contributed by atoms with E-state index < -0.39 is 0 Å². The van der Waals surface area contributed by atoms with E-state index in [-0.39, 0.29) is 5.91 Å². The van der Waals surface area contributed by atoms with Crippen LogP contribution >= 0.6 is 0 Å². The lowest BCUT2D eigenvalue weighted by Gasteiger charge is -2.19. The number of fused-ring (bicyclic) bond motifs is 3. The van der Waals surface area contributed by atoms with Gasteiger partial charge in [0, 0.05) is 11.6 Å². The van der Waals surface area contributed by atoms with E-state index in [1.165, 1.54) is 6.42 Å². The van der Waals surface area contributed by atoms with Crippen LogP contribution in [-0.4, -0.2) is 21.9 Å². The highest BCUT2D eigenvalue weighted by Crippen LogP contribution is 2.39. The van der Waals surface area contributed by atoms with E-state index >= 15 is 0 Å². The summed E-state index contributed by atoms with van der Waals surface area (Å²) in [7, 11) is 0. The van der Waals surface area contributed by atoms with Gasteiger partial charge in [0.2, 0.25) is 0 Å². The molecule has 2 N–H and O–H groups in total. The first-order valence-electron chi connectivity index (χ1n) is 6.72. The number of aromatic nitrogens is 2. The number of H-pyrrole nitrogens is 1. The number of hydrogen-bond donors (Lipinski definition) is 2. The van der Waals surface area contributed by atoms with Crippen LogP contribution in [0.25, 0.3) is 11.0 Å². The molecule has 4 rings (SSSR count). The molecule has 3 unspecified atom stereocenters. The lowest BCUT2D eigenvalue weighted by Crippen LogP contribution is -2.37. The summed E-state index contributed by atoms with van der Waals surface area (Å²) in [5.74, 6) is 1.22. The first-order chi connectivity index (χ1) is 9.29. The number of allylic oxidation sites excluding steroid dienone is 1. The molecule has 1 aromatic carbocycles. The molecule has 1 amide bonds. The standard InChI is InChI=1S/C15H15N3O/c19-15(18-13-6-9-1-2-10(13)5-9)11-3-4-12-14(7-11)17-8-16-12/h1-4,7-10,13H,5-6H2,(H,16,17)(H,18,19). The number of hydrogen-bond acceptors (Lipinski definition) is 2. The van der Waals surface area contributed by atoms with Gasteiger partial charge in [-0.15, -0.1) is 0 Å². The van der Waals surface area contributed by atoms with E-state index in [2.05, 4.69) is 27.4 Å². The van der Waals surface area contributed by atoms with Crippen LogP contribution in [0, 0.1) is 11.8 Å². The van der Waals surface area contributed by atoms with Crippen LogP contribution < -0.4 is 5.32 Å². The third-order valence-corrected chi connectivity index (χ3v) is 4.28. The smallest absolute Gasteiger partial charge is 0.251 e. The number of amides is 1. The normalized spacial score (nSPS) is 28.1. The predicted molar refractivity (Wildman–Crippen MR) is 72.7 cm³/mol. The van der Waals surface area contributed by atoms with Gasteiger partial charge in [-0.25, -0.2) is 4.98 Å². The fourth-order valence-corrected chi connectivity index (χ4v) is 3.28. The molecule has 0 spiro atoms. The Labute approximate surface area is 110 Å². The number of aromatic amines is 1. The summed E-state index contributed by atoms with van der Waals surface area (Å²) in [6.07, 6.45) is 8.46. The van der Waals surface area contributed by atoms with Gasteiger partial charge < -0.3 is 10.3 Å². The zero-order valence-corrected chi connectivity index (χ0v) is 10.5. The third-order valence-electron chi connectivity index (χ3n) is 4.28. The van der Waals surface area contributed by atoms with Crippen molar-refractivity contribution in [1.82, 2.24) is 15.3 Å². The minimum atomic E-state index is 0.0162. The van der Waals surface area contributed by atoms with Crippen molar-refractivity contribution in [3.63, 3.8) is 0 Å². The Hall–Kier alpha value is -2.10. The average Bonchev–Trinajstić information content (AvgIpc) is 3.13. The minimum Gasteiger partial charge on any atom is -0.349 e. The lowest BCUT2D eigenvalue weighted by molar-refractivity contribution is 0.0931. The summed E-state index contributed by atoms with van der Waals surface area (Å²) in [4.78, 5) is 19.5. The molecule has 19 heavy (non-hydrogen) atoms. The fourth-order valence-electron chi connectivity index (χ4n) is 3.28. The van der Waals surface area contributed by atoms with E-state index in [1.807, 2.05) is 18.2 Å². The minimum absolute atomic E-state index is 0.0162. The average molecular weight is 253 g/mol. The van der Waals surface area contributed by atoms with Gasteiger partial charge in [-0.05, 0) is 42.9 Å². The van der Waals surface area contributed by atoms with Crippen molar-refractivity contribution in [2.24, 2.45) is 11.8 Å². The van der Waals surface area contributed by atoms with Crippen molar-refractivity contribution < 1.29 is 4.79 Å². The number of nitrogens with one attached hydrogen (secondary N) is 2. The van der Waals surface area contributed by atoms with Gasteiger partial charge in [0.1, 0.15) is 0 Å². The second-order valence-corrected chi connectivity index (χ2v) is 5.49. The summed E-state index contributed by atoms with van der Waals surface area (Å²) in [5, 5.41) is 3.16. The Bertz CT molecular complexity index is 673. The Morgan fingerprint density at radius 3 is 3.05 bits per heavy atom. The SMILES string of the molecule is O=C(NC1CC2C=CC1C2)c1ccc2nc[nH]c2c1. The number of imidazole rings is 1. The second-order valence-electron chi connectivity index (χ2n) is 5.49. The van der Waals surface area contributed by atoms with Gasteiger partial charge >= 0.3 is 0 Å². The molecule has 2 aliphatic rings. The van der Waals surface area contributed by atoms with E-state index in [4.69, 9.17) is 0 Å². The van der Waals surface area contributed by atoms with Gasteiger partial charge in [-0.2, -0.15) is 0 Å². The van der Waals surface area contributed by atoms with Gasteiger partial charge in [-0.3, -0.25) is 4.79 Å². The fraction of sp³-hybridized carbons (Fsp3) is 0.333. The molecule has 1 fully saturated rings. The van der Waals surface area contributed by atoms with E-state index in [1.54, 1.807) is 6.33 Å². The number of carbonyl (C=O) groups excluding carboxylic acids is 1. The Morgan fingerprint density at radius 1 is 1.32 bits per heavy atom. The molecule has 4 nitrogen and oxygen atoms in total. The van der Waals surface area contributed by atoms with Gasteiger partial charge in [0.15, 0.2) is 0 Å². The Balaban J connectivity index is 1.55. The summed E-state index contributed by atoms with van der Waals surface area (Å²) in [6, 6.07) is 5.88. The monoisotopic (exact) mass is 253 g/mol. The molecule has 0 aliphatic heterocycles. The highest BCUT2D eigenvalue weighted by molar-refractivity contribution is 5.97. The first-order valence-corrected chi connectivity index (χ1v) is 6.72. The van der Waals surface area contributed by atoms with Crippen LogP contribution in [0.1, 0.15) is 23.2 Å². The molecule has 1 aromatic heterocycles. The summed E-state index contributed by atoms with van der Waals surface area (Å²) in [5.41, 5.74) is 2.49. The molecule has 2 bridgehead atoms. The summed E-state index contributed by atoms with van der Waals surface area (Å²) >= 11 is 0. The van der Waals surface area contributed by atoms with E-state index in [0.29, 0.717) is 23.4 Å². The van der Waals surface area contributed by atoms with Crippen LogP contribution in [0.3, 0.4) is 0 Å². The quantitative estimate of drug-likeness (QED) is 0.806.